The van der Waals surface area contributed by atoms with Gasteiger partial charge >= 0.3 is 0 Å². The Balaban J connectivity index is 1.79. The molecule has 2 atom stereocenters. The van der Waals surface area contributed by atoms with Crippen LogP contribution in [0.25, 0.3) is 5.69 Å². The minimum atomic E-state index is -0.282. The van der Waals surface area contributed by atoms with Gasteiger partial charge in [0.1, 0.15) is 5.82 Å². The second-order valence-corrected chi connectivity index (χ2v) is 7.07. The maximum atomic E-state index is 13.8. The molecule has 1 fully saturated rings. The standard InChI is InChI=1S/C21H21FN4OS/c22-15-6-3-7-16(14-15)25-11-4-9-18(25)20-19(17-8-1-2-10-23-17)24-21(28)26(20)12-5-13-27/h1-4,6-11,14,19-20,27H,5,12-13H2,(H,24,28)/t19-,20+/m1/s1. The SMILES string of the molecule is OCCCN1C(=S)N[C@H](c2ccccn2)[C@@H]1c1cccn1-c1cccc(F)c1. The fraction of sp³-hybridized carbons (Fsp3) is 0.238. The predicted octanol–water partition coefficient (Wildman–Crippen LogP) is 3.37. The average Bonchev–Trinajstić information content (AvgIpc) is 3.31. The van der Waals surface area contributed by atoms with E-state index in [2.05, 4.69) is 15.2 Å². The quantitative estimate of drug-likeness (QED) is 0.626. The van der Waals surface area contributed by atoms with Crippen molar-refractivity contribution in [3.8, 4) is 5.69 Å². The van der Waals surface area contributed by atoms with Gasteiger partial charge in [-0.3, -0.25) is 4.98 Å². The summed E-state index contributed by atoms with van der Waals surface area (Å²) in [6.07, 6.45) is 4.29. The first-order chi connectivity index (χ1) is 13.7. The summed E-state index contributed by atoms with van der Waals surface area (Å²) in [6, 6.07) is 16.0. The zero-order valence-corrected chi connectivity index (χ0v) is 16.0. The minimum Gasteiger partial charge on any atom is -0.396 e. The normalized spacial score (nSPS) is 19.1. The molecule has 0 bridgehead atoms. The van der Waals surface area contributed by atoms with Crippen LogP contribution in [0.15, 0.2) is 67.0 Å². The van der Waals surface area contributed by atoms with Crippen LogP contribution in [0.3, 0.4) is 0 Å². The molecule has 0 spiro atoms. The zero-order valence-electron chi connectivity index (χ0n) is 15.2. The summed E-state index contributed by atoms with van der Waals surface area (Å²) >= 11 is 5.60. The van der Waals surface area contributed by atoms with Crippen LogP contribution in [0.1, 0.15) is 29.9 Å². The molecule has 144 valence electrons. The lowest BCUT2D eigenvalue weighted by Crippen LogP contribution is -2.31. The van der Waals surface area contributed by atoms with Gasteiger partial charge in [0.2, 0.25) is 0 Å². The van der Waals surface area contributed by atoms with E-state index >= 15 is 0 Å². The number of nitrogens with one attached hydrogen (secondary N) is 1. The van der Waals surface area contributed by atoms with Crippen LogP contribution in [-0.2, 0) is 0 Å². The molecule has 5 nitrogen and oxygen atoms in total. The van der Waals surface area contributed by atoms with Crippen molar-refractivity contribution in [3.05, 3.63) is 84.2 Å². The predicted molar refractivity (Wildman–Crippen MR) is 110 cm³/mol. The summed E-state index contributed by atoms with van der Waals surface area (Å²) in [5, 5.41) is 13.3. The number of aromatic nitrogens is 2. The number of hydrogen-bond donors (Lipinski definition) is 2. The van der Waals surface area contributed by atoms with Crippen LogP contribution in [0.2, 0.25) is 0 Å². The Morgan fingerprint density at radius 1 is 1.14 bits per heavy atom. The lowest BCUT2D eigenvalue weighted by atomic mass is 10.0. The van der Waals surface area contributed by atoms with Crippen molar-refractivity contribution in [3.63, 3.8) is 0 Å². The van der Waals surface area contributed by atoms with E-state index in [1.54, 1.807) is 12.3 Å². The van der Waals surface area contributed by atoms with Gasteiger partial charge < -0.3 is 19.9 Å². The summed E-state index contributed by atoms with van der Waals surface area (Å²) in [6.45, 7) is 0.704. The van der Waals surface area contributed by atoms with Crippen LogP contribution in [0.5, 0.6) is 0 Å². The monoisotopic (exact) mass is 396 g/mol. The molecule has 1 aliphatic rings. The summed E-state index contributed by atoms with van der Waals surface area (Å²) in [7, 11) is 0. The Kier molecular flexibility index (Phi) is 5.36. The molecule has 0 unspecified atom stereocenters. The average molecular weight is 396 g/mol. The third-order valence-corrected chi connectivity index (χ3v) is 5.28. The van der Waals surface area contributed by atoms with Gasteiger partial charge in [-0.2, -0.15) is 0 Å². The molecule has 1 aliphatic heterocycles. The molecule has 28 heavy (non-hydrogen) atoms. The molecule has 7 heteroatoms. The Labute approximate surface area is 168 Å². The van der Waals surface area contributed by atoms with E-state index in [4.69, 9.17) is 12.2 Å². The third-order valence-electron chi connectivity index (χ3n) is 4.92. The van der Waals surface area contributed by atoms with E-state index < -0.39 is 0 Å². The lowest BCUT2D eigenvalue weighted by molar-refractivity contribution is 0.244. The number of aliphatic hydroxyl groups is 1. The van der Waals surface area contributed by atoms with Crippen LogP contribution in [-0.4, -0.2) is 37.8 Å². The fourth-order valence-electron chi connectivity index (χ4n) is 3.71. The molecular weight excluding hydrogens is 375 g/mol. The smallest absolute Gasteiger partial charge is 0.170 e. The molecule has 2 aromatic heterocycles. The second-order valence-electron chi connectivity index (χ2n) is 6.68. The number of thiocarbonyl (C=S) groups is 1. The van der Waals surface area contributed by atoms with Crippen molar-refractivity contribution in [2.45, 2.75) is 18.5 Å². The van der Waals surface area contributed by atoms with Gasteiger partial charge in [0.05, 0.1) is 17.8 Å². The van der Waals surface area contributed by atoms with E-state index in [1.165, 1.54) is 12.1 Å². The largest absolute Gasteiger partial charge is 0.396 e. The van der Waals surface area contributed by atoms with Crippen LogP contribution >= 0.6 is 12.2 Å². The lowest BCUT2D eigenvalue weighted by Gasteiger charge is -2.28. The number of benzene rings is 1. The third kappa shape index (κ3) is 3.50. The first-order valence-corrected chi connectivity index (χ1v) is 9.62. The van der Waals surface area contributed by atoms with E-state index in [-0.39, 0.29) is 24.5 Å². The van der Waals surface area contributed by atoms with Gasteiger partial charge in [0, 0.05) is 36.9 Å². The highest BCUT2D eigenvalue weighted by molar-refractivity contribution is 7.80. The molecule has 1 saturated heterocycles. The van der Waals surface area contributed by atoms with Crippen molar-refractivity contribution in [1.29, 1.82) is 0 Å². The van der Waals surface area contributed by atoms with Crippen molar-refractivity contribution in [1.82, 2.24) is 19.8 Å². The summed E-state index contributed by atoms with van der Waals surface area (Å²) in [4.78, 5) is 6.60. The van der Waals surface area contributed by atoms with Crippen LogP contribution in [0, 0.1) is 5.82 Å². The number of rotatable bonds is 6. The Morgan fingerprint density at radius 2 is 2.04 bits per heavy atom. The Bertz CT molecular complexity index is 962. The van der Waals surface area contributed by atoms with E-state index in [1.807, 2.05) is 47.2 Å². The van der Waals surface area contributed by atoms with Gasteiger partial charge in [-0.15, -0.1) is 0 Å². The highest BCUT2D eigenvalue weighted by Gasteiger charge is 2.40. The first-order valence-electron chi connectivity index (χ1n) is 9.21. The molecule has 2 N–H and O–H groups in total. The van der Waals surface area contributed by atoms with Crippen molar-refractivity contribution in [2.24, 2.45) is 0 Å². The van der Waals surface area contributed by atoms with E-state index in [0.717, 1.165) is 17.1 Å². The maximum Gasteiger partial charge on any atom is 0.170 e. The number of hydrogen-bond acceptors (Lipinski definition) is 3. The number of pyridine rings is 1. The minimum absolute atomic E-state index is 0.0883. The fourth-order valence-corrected chi connectivity index (χ4v) is 4.04. The summed E-state index contributed by atoms with van der Waals surface area (Å²) in [5.74, 6) is -0.282. The van der Waals surface area contributed by atoms with Crippen molar-refractivity contribution >= 4 is 17.3 Å². The topological polar surface area (TPSA) is 53.3 Å². The molecule has 1 aromatic carbocycles. The molecule has 0 amide bonds. The molecule has 3 aromatic rings. The number of nitrogens with zero attached hydrogens (tertiary/aromatic N) is 3. The Morgan fingerprint density at radius 3 is 2.79 bits per heavy atom. The van der Waals surface area contributed by atoms with Crippen LogP contribution in [0.4, 0.5) is 4.39 Å². The van der Waals surface area contributed by atoms with Crippen molar-refractivity contribution < 1.29 is 9.50 Å². The maximum absolute atomic E-state index is 13.8. The summed E-state index contributed by atoms with van der Waals surface area (Å²) < 4.78 is 15.8. The highest BCUT2D eigenvalue weighted by atomic mass is 32.1. The summed E-state index contributed by atoms with van der Waals surface area (Å²) in [5.41, 5.74) is 2.61. The van der Waals surface area contributed by atoms with Crippen molar-refractivity contribution in [2.75, 3.05) is 13.2 Å². The van der Waals surface area contributed by atoms with E-state index in [9.17, 15) is 9.50 Å². The molecular formula is C21H21FN4OS. The second kappa shape index (κ2) is 8.08. The number of aliphatic hydroxyl groups excluding tert-OH is 1. The van der Waals surface area contributed by atoms with Gasteiger partial charge in [0.15, 0.2) is 5.11 Å². The van der Waals surface area contributed by atoms with E-state index in [0.29, 0.717) is 18.1 Å². The van der Waals surface area contributed by atoms with Crippen LogP contribution < -0.4 is 5.32 Å². The highest BCUT2D eigenvalue weighted by Crippen LogP contribution is 2.39. The van der Waals surface area contributed by atoms with Gasteiger partial charge in [-0.1, -0.05) is 12.1 Å². The molecule has 0 aliphatic carbocycles. The zero-order chi connectivity index (χ0) is 19.5. The Hall–Kier alpha value is -2.77. The molecule has 0 radical (unpaired) electrons. The van der Waals surface area contributed by atoms with Gasteiger partial charge in [0.25, 0.3) is 0 Å². The molecule has 0 saturated carbocycles. The molecule has 3 heterocycles. The van der Waals surface area contributed by atoms with Gasteiger partial charge in [-0.25, -0.2) is 4.39 Å². The first kappa shape index (κ1) is 18.6. The molecule has 4 rings (SSSR count). The number of halogens is 1. The van der Waals surface area contributed by atoms with Gasteiger partial charge in [-0.05, 0) is 61.1 Å².